The second-order valence-corrected chi connectivity index (χ2v) is 4.67. The number of pyridine rings is 1. The molecule has 1 fully saturated rings. The molecule has 0 unspecified atom stereocenters. The van der Waals surface area contributed by atoms with E-state index in [2.05, 4.69) is 4.98 Å². The smallest absolute Gasteiger partial charge is 0.314 e. The SMILES string of the molecule is O=C(O)C1(c2cc(Cl)nc(Cl)c2)CC(F)C1. The van der Waals surface area contributed by atoms with Gasteiger partial charge in [0.15, 0.2) is 0 Å². The number of halogens is 3. The number of hydrogen-bond donors (Lipinski definition) is 1. The lowest BCUT2D eigenvalue weighted by Gasteiger charge is -2.40. The fourth-order valence-corrected chi connectivity index (χ4v) is 2.43. The first kappa shape index (κ1) is 11.6. The molecule has 0 aliphatic heterocycles. The van der Waals surface area contributed by atoms with Crippen molar-refractivity contribution in [2.75, 3.05) is 0 Å². The highest BCUT2D eigenvalue weighted by atomic mass is 35.5. The molecular weight excluding hydrogens is 256 g/mol. The molecular formula is C10H8Cl2FNO2. The Morgan fingerprint density at radius 1 is 1.44 bits per heavy atom. The summed E-state index contributed by atoms with van der Waals surface area (Å²) in [5.41, 5.74) is -0.783. The van der Waals surface area contributed by atoms with Crippen LogP contribution in [0.1, 0.15) is 18.4 Å². The van der Waals surface area contributed by atoms with E-state index in [-0.39, 0.29) is 23.1 Å². The van der Waals surface area contributed by atoms with Crippen molar-refractivity contribution in [2.24, 2.45) is 0 Å². The molecule has 1 saturated carbocycles. The number of carboxylic acids is 1. The van der Waals surface area contributed by atoms with E-state index in [1.807, 2.05) is 0 Å². The van der Waals surface area contributed by atoms with Crippen LogP contribution in [0.25, 0.3) is 0 Å². The quantitative estimate of drug-likeness (QED) is 0.835. The number of nitrogens with zero attached hydrogens (tertiary/aromatic N) is 1. The van der Waals surface area contributed by atoms with E-state index in [1.54, 1.807) is 0 Å². The molecule has 16 heavy (non-hydrogen) atoms. The van der Waals surface area contributed by atoms with E-state index < -0.39 is 17.6 Å². The largest absolute Gasteiger partial charge is 0.481 e. The first-order chi connectivity index (χ1) is 7.44. The first-order valence-corrected chi connectivity index (χ1v) is 5.41. The van der Waals surface area contributed by atoms with Crippen LogP contribution in [0.2, 0.25) is 10.3 Å². The summed E-state index contributed by atoms with van der Waals surface area (Å²) in [6.07, 6.45) is -1.17. The van der Waals surface area contributed by atoms with E-state index in [9.17, 15) is 9.18 Å². The minimum absolute atomic E-state index is 0.0427. The number of hydrogen-bond acceptors (Lipinski definition) is 2. The summed E-state index contributed by atoms with van der Waals surface area (Å²) in [7, 11) is 0. The minimum Gasteiger partial charge on any atom is -0.481 e. The summed E-state index contributed by atoms with van der Waals surface area (Å²) in [4.78, 5) is 14.9. The first-order valence-electron chi connectivity index (χ1n) is 4.65. The summed E-state index contributed by atoms with van der Waals surface area (Å²) in [5.74, 6) is -1.06. The molecule has 1 aromatic rings. The molecule has 0 amide bonds. The maximum absolute atomic E-state index is 12.9. The minimum atomic E-state index is -1.20. The molecule has 0 radical (unpaired) electrons. The van der Waals surface area contributed by atoms with Crippen LogP contribution in [0.4, 0.5) is 4.39 Å². The van der Waals surface area contributed by atoms with E-state index in [4.69, 9.17) is 28.3 Å². The van der Waals surface area contributed by atoms with Crippen molar-refractivity contribution in [3.8, 4) is 0 Å². The van der Waals surface area contributed by atoms with E-state index >= 15 is 0 Å². The van der Waals surface area contributed by atoms with Crippen LogP contribution in [-0.4, -0.2) is 22.2 Å². The van der Waals surface area contributed by atoms with Crippen LogP contribution in [0.3, 0.4) is 0 Å². The second kappa shape index (κ2) is 3.86. The van der Waals surface area contributed by atoms with Crippen LogP contribution in [0, 0.1) is 0 Å². The molecule has 0 bridgehead atoms. The maximum Gasteiger partial charge on any atom is 0.314 e. The second-order valence-electron chi connectivity index (χ2n) is 3.89. The van der Waals surface area contributed by atoms with Crippen LogP contribution >= 0.6 is 23.2 Å². The Bertz CT molecular complexity index is 426. The van der Waals surface area contributed by atoms with Gasteiger partial charge in [-0.1, -0.05) is 23.2 Å². The molecule has 1 heterocycles. The van der Waals surface area contributed by atoms with Crippen molar-refractivity contribution in [3.63, 3.8) is 0 Å². The van der Waals surface area contributed by atoms with Gasteiger partial charge in [-0.3, -0.25) is 4.79 Å². The average molecular weight is 264 g/mol. The third-order valence-electron chi connectivity index (χ3n) is 2.86. The molecule has 1 N–H and O–H groups in total. The predicted molar refractivity (Wildman–Crippen MR) is 57.7 cm³/mol. The van der Waals surface area contributed by atoms with Crippen molar-refractivity contribution < 1.29 is 14.3 Å². The molecule has 1 aliphatic rings. The van der Waals surface area contributed by atoms with Gasteiger partial charge >= 0.3 is 5.97 Å². The van der Waals surface area contributed by atoms with Gasteiger partial charge < -0.3 is 5.11 Å². The highest BCUT2D eigenvalue weighted by molar-refractivity contribution is 6.32. The summed E-state index contributed by atoms with van der Waals surface area (Å²) in [6, 6.07) is 2.85. The van der Waals surface area contributed by atoms with Crippen molar-refractivity contribution in [1.29, 1.82) is 0 Å². The fraction of sp³-hybridized carbons (Fsp3) is 0.400. The summed E-state index contributed by atoms with van der Waals surface area (Å²) < 4.78 is 12.9. The number of carbonyl (C=O) groups is 1. The third kappa shape index (κ3) is 1.76. The van der Waals surface area contributed by atoms with Crippen molar-refractivity contribution in [2.45, 2.75) is 24.4 Å². The van der Waals surface area contributed by atoms with Gasteiger partial charge in [0, 0.05) is 0 Å². The zero-order valence-electron chi connectivity index (χ0n) is 8.08. The van der Waals surface area contributed by atoms with Gasteiger partial charge in [0.05, 0.1) is 5.41 Å². The molecule has 1 aromatic heterocycles. The van der Waals surface area contributed by atoms with Crippen molar-refractivity contribution in [3.05, 3.63) is 28.0 Å². The number of aliphatic carboxylic acids is 1. The van der Waals surface area contributed by atoms with Crippen LogP contribution in [0.5, 0.6) is 0 Å². The lowest BCUT2D eigenvalue weighted by molar-refractivity contribution is -0.150. The topological polar surface area (TPSA) is 50.2 Å². The van der Waals surface area contributed by atoms with E-state index in [1.165, 1.54) is 12.1 Å². The van der Waals surface area contributed by atoms with Crippen LogP contribution in [0.15, 0.2) is 12.1 Å². The number of aromatic nitrogens is 1. The summed E-state index contributed by atoms with van der Waals surface area (Å²) in [6.45, 7) is 0. The number of rotatable bonds is 2. The van der Waals surface area contributed by atoms with Gasteiger partial charge in [0.2, 0.25) is 0 Å². The van der Waals surface area contributed by atoms with Gasteiger partial charge in [-0.2, -0.15) is 0 Å². The Morgan fingerprint density at radius 2 is 1.94 bits per heavy atom. The Hall–Kier alpha value is -0.870. The molecule has 0 aromatic carbocycles. The predicted octanol–water partition coefficient (Wildman–Crippen LogP) is 2.84. The monoisotopic (exact) mass is 263 g/mol. The van der Waals surface area contributed by atoms with Crippen LogP contribution in [-0.2, 0) is 10.2 Å². The highest BCUT2D eigenvalue weighted by Gasteiger charge is 2.52. The third-order valence-corrected chi connectivity index (χ3v) is 3.25. The van der Waals surface area contributed by atoms with E-state index in [0.29, 0.717) is 5.56 Å². The Kier molecular flexibility index (Phi) is 2.80. The highest BCUT2D eigenvalue weighted by Crippen LogP contribution is 2.46. The van der Waals surface area contributed by atoms with Gasteiger partial charge in [-0.05, 0) is 30.5 Å². The lowest BCUT2D eigenvalue weighted by Crippen LogP contribution is -2.49. The molecule has 2 rings (SSSR count). The van der Waals surface area contributed by atoms with Gasteiger partial charge in [-0.25, -0.2) is 9.37 Å². The van der Waals surface area contributed by atoms with E-state index in [0.717, 1.165) is 0 Å². The Balaban J connectivity index is 2.45. The molecule has 0 saturated heterocycles. The molecule has 3 nitrogen and oxygen atoms in total. The molecule has 1 aliphatic carbocycles. The molecule has 86 valence electrons. The lowest BCUT2D eigenvalue weighted by atomic mass is 9.63. The number of carboxylic acid groups (broad SMARTS) is 1. The summed E-state index contributed by atoms with van der Waals surface area (Å²) >= 11 is 11.4. The molecule has 0 atom stereocenters. The van der Waals surface area contributed by atoms with Gasteiger partial charge in [-0.15, -0.1) is 0 Å². The molecule has 6 heteroatoms. The van der Waals surface area contributed by atoms with Crippen molar-refractivity contribution >= 4 is 29.2 Å². The number of alkyl halides is 1. The van der Waals surface area contributed by atoms with Gasteiger partial charge in [0.1, 0.15) is 16.5 Å². The van der Waals surface area contributed by atoms with Crippen molar-refractivity contribution in [1.82, 2.24) is 4.98 Å². The standard InChI is InChI=1S/C10H8Cl2FNO2/c11-7-1-5(2-8(12)14-7)10(9(15)16)3-6(13)4-10/h1-2,6H,3-4H2,(H,15,16). The fourth-order valence-electron chi connectivity index (χ4n) is 1.97. The Labute approximate surface area is 101 Å². The van der Waals surface area contributed by atoms with Gasteiger partial charge in [0.25, 0.3) is 0 Å². The molecule has 0 spiro atoms. The van der Waals surface area contributed by atoms with Crippen LogP contribution < -0.4 is 0 Å². The summed E-state index contributed by atoms with van der Waals surface area (Å²) in [5, 5.41) is 9.40. The zero-order chi connectivity index (χ0) is 11.9. The zero-order valence-corrected chi connectivity index (χ0v) is 9.59. The Morgan fingerprint density at radius 3 is 2.31 bits per heavy atom. The average Bonchev–Trinajstić information content (AvgIpc) is 2.10. The maximum atomic E-state index is 12.9. The normalized spacial score (nSPS) is 28.6.